The van der Waals surface area contributed by atoms with Crippen LogP contribution in [0.4, 0.5) is 0 Å². The van der Waals surface area contributed by atoms with Crippen LogP contribution in [0.15, 0.2) is 16.9 Å². The number of likely N-dealkylation sites (tertiary alicyclic amines) is 1. The minimum absolute atomic E-state index is 0.110. The molecule has 0 atom stereocenters. The van der Waals surface area contributed by atoms with E-state index in [0.29, 0.717) is 50.6 Å². The van der Waals surface area contributed by atoms with E-state index in [1.165, 1.54) is 0 Å². The smallest absolute Gasteiger partial charge is 0.292 e. The molecule has 1 aliphatic carbocycles. The van der Waals surface area contributed by atoms with Gasteiger partial charge in [0.2, 0.25) is 11.7 Å². The zero-order valence-electron chi connectivity index (χ0n) is 16.1. The van der Waals surface area contributed by atoms with E-state index in [9.17, 15) is 9.59 Å². The van der Waals surface area contributed by atoms with E-state index in [1.807, 2.05) is 16.7 Å². The van der Waals surface area contributed by atoms with Crippen LogP contribution < -0.4 is 0 Å². The number of nitrogens with zero attached hydrogens (tertiary/aromatic N) is 4. The quantitative estimate of drug-likeness (QED) is 0.877. The highest BCUT2D eigenvalue weighted by molar-refractivity contribution is 5.91. The summed E-state index contributed by atoms with van der Waals surface area (Å²) < 4.78 is 5.32. The Morgan fingerprint density at radius 2 is 2.07 bits per heavy atom. The second-order valence-corrected chi connectivity index (χ2v) is 8.09. The van der Waals surface area contributed by atoms with Gasteiger partial charge in [0.05, 0.1) is 23.3 Å². The minimum atomic E-state index is -0.419. The number of aromatic nitrogens is 3. The molecule has 4 heterocycles. The van der Waals surface area contributed by atoms with Gasteiger partial charge in [-0.2, -0.15) is 0 Å². The summed E-state index contributed by atoms with van der Waals surface area (Å²) in [4.78, 5) is 37.2. The first-order valence-corrected chi connectivity index (χ1v) is 10.2. The first-order chi connectivity index (χ1) is 13.6. The Labute approximate surface area is 163 Å². The molecule has 1 saturated heterocycles. The third-order valence-electron chi connectivity index (χ3n) is 6.48. The van der Waals surface area contributed by atoms with Crippen LogP contribution in [-0.4, -0.2) is 56.4 Å². The van der Waals surface area contributed by atoms with Gasteiger partial charge in [-0.15, -0.1) is 0 Å². The van der Waals surface area contributed by atoms with Gasteiger partial charge in [0.15, 0.2) is 0 Å². The number of H-pyrrole nitrogens is 1. The van der Waals surface area contributed by atoms with Gasteiger partial charge in [-0.25, -0.2) is 4.98 Å². The summed E-state index contributed by atoms with van der Waals surface area (Å²) in [6, 6.07) is 1.80. The van der Waals surface area contributed by atoms with Gasteiger partial charge in [-0.3, -0.25) is 9.59 Å². The zero-order valence-corrected chi connectivity index (χ0v) is 16.1. The Hall–Kier alpha value is -2.64. The summed E-state index contributed by atoms with van der Waals surface area (Å²) in [6.07, 6.45) is 6.62. The number of carbonyl (C=O) groups is 2. The number of fused-ring (bicyclic) bond motifs is 2. The molecule has 1 spiro atoms. The lowest BCUT2D eigenvalue weighted by Crippen LogP contribution is -2.58. The summed E-state index contributed by atoms with van der Waals surface area (Å²) in [5.74, 6) is 0.825. The summed E-state index contributed by atoms with van der Waals surface area (Å²) in [5.41, 5.74) is 2.57. The average molecular weight is 383 g/mol. The fraction of sp³-hybridized carbons (Fsp3) is 0.600. The number of rotatable bonds is 3. The third kappa shape index (κ3) is 2.65. The molecule has 1 N–H and O–H groups in total. The van der Waals surface area contributed by atoms with Gasteiger partial charge in [0, 0.05) is 50.2 Å². The van der Waals surface area contributed by atoms with Crippen molar-refractivity contribution in [1.29, 1.82) is 0 Å². The molecule has 2 amide bonds. The molecule has 5 rings (SSSR count). The van der Waals surface area contributed by atoms with E-state index in [-0.39, 0.29) is 11.8 Å². The highest BCUT2D eigenvalue weighted by Crippen LogP contribution is 2.43. The maximum atomic E-state index is 12.9. The number of nitrogens with one attached hydrogen (secondary N) is 1. The van der Waals surface area contributed by atoms with Crippen molar-refractivity contribution >= 4 is 11.8 Å². The third-order valence-corrected chi connectivity index (χ3v) is 6.48. The molecule has 0 aromatic carbocycles. The van der Waals surface area contributed by atoms with E-state index in [1.54, 1.807) is 12.4 Å². The first kappa shape index (κ1) is 17.5. The molecule has 28 heavy (non-hydrogen) atoms. The van der Waals surface area contributed by atoms with Crippen molar-refractivity contribution in [3.8, 4) is 0 Å². The number of piperidine rings is 1. The van der Waals surface area contributed by atoms with Crippen molar-refractivity contribution in [3.05, 3.63) is 35.2 Å². The van der Waals surface area contributed by atoms with Crippen molar-refractivity contribution < 1.29 is 14.1 Å². The molecule has 1 saturated carbocycles. The first-order valence-electron chi connectivity index (χ1n) is 10.2. The number of aromatic amines is 1. The molecule has 8 nitrogen and oxygen atoms in total. The molecule has 3 aliphatic rings. The summed E-state index contributed by atoms with van der Waals surface area (Å²) in [6.45, 7) is 3.73. The average Bonchev–Trinajstić information content (AvgIpc) is 3.25. The Kier molecular flexibility index (Phi) is 4.03. The zero-order chi connectivity index (χ0) is 19.3. The maximum absolute atomic E-state index is 12.9. The normalized spacial score (nSPS) is 21.0. The molecule has 0 bridgehead atoms. The van der Waals surface area contributed by atoms with E-state index < -0.39 is 5.54 Å². The molecule has 0 unspecified atom stereocenters. The fourth-order valence-corrected chi connectivity index (χ4v) is 4.74. The number of amides is 2. The molecular formula is C20H25N5O3. The Bertz CT molecular complexity index is 905. The maximum Gasteiger partial charge on any atom is 0.292 e. The van der Waals surface area contributed by atoms with E-state index >= 15 is 0 Å². The molecule has 2 aliphatic heterocycles. The number of imidazole rings is 1. The largest absolute Gasteiger partial charge is 0.351 e. The minimum Gasteiger partial charge on any atom is -0.351 e. The van der Waals surface area contributed by atoms with Crippen LogP contribution in [0.5, 0.6) is 0 Å². The fourth-order valence-electron chi connectivity index (χ4n) is 4.74. The molecule has 0 radical (unpaired) electrons. The van der Waals surface area contributed by atoms with Crippen LogP contribution in [0.2, 0.25) is 0 Å². The van der Waals surface area contributed by atoms with Crippen molar-refractivity contribution in [2.75, 3.05) is 19.6 Å². The number of hydrogen-bond donors (Lipinski definition) is 1. The second-order valence-electron chi connectivity index (χ2n) is 8.09. The van der Waals surface area contributed by atoms with Gasteiger partial charge < -0.3 is 19.3 Å². The van der Waals surface area contributed by atoms with Crippen LogP contribution in [0, 0.1) is 0 Å². The molecule has 8 heteroatoms. The highest BCUT2D eigenvalue weighted by atomic mass is 16.5. The van der Waals surface area contributed by atoms with Crippen LogP contribution >= 0.6 is 0 Å². The van der Waals surface area contributed by atoms with Gasteiger partial charge in [-0.05, 0) is 25.7 Å². The lowest BCUT2D eigenvalue weighted by atomic mass is 9.78. The molecule has 2 fully saturated rings. The summed E-state index contributed by atoms with van der Waals surface area (Å²) >= 11 is 0. The summed E-state index contributed by atoms with van der Waals surface area (Å²) in [7, 11) is 0. The van der Waals surface area contributed by atoms with E-state index in [4.69, 9.17) is 4.52 Å². The van der Waals surface area contributed by atoms with Crippen LogP contribution in [-0.2, 0) is 16.8 Å². The Morgan fingerprint density at radius 3 is 2.79 bits per heavy atom. The summed E-state index contributed by atoms with van der Waals surface area (Å²) in [5, 5.41) is 4.06. The molecular weight excluding hydrogens is 358 g/mol. The van der Waals surface area contributed by atoms with E-state index in [0.717, 1.165) is 36.3 Å². The SMILES string of the molecule is CCC(=O)N1CCc2[nH]cnc2C12CCN(C(=O)c1cc(C3CC3)no1)CC2. The van der Waals surface area contributed by atoms with E-state index in [2.05, 4.69) is 15.1 Å². The van der Waals surface area contributed by atoms with Crippen molar-refractivity contribution in [2.24, 2.45) is 0 Å². The van der Waals surface area contributed by atoms with Crippen LogP contribution in [0.25, 0.3) is 0 Å². The van der Waals surface area contributed by atoms with Gasteiger partial charge >= 0.3 is 0 Å². The molecule has 2 aromatic rings. The number of hydrogen-bond acceptors (Lipinski definition) is 5. The molecule has 148 valence electrons. The predicted molar refractivity (Wildman–Crippen MR) is 99.6 cm³/mol. The van der Waals surface area contributed by atoms with Gasteiger partial charge in [0.1, 0.15) is 0 Å². The van der Waals surface area contributed by atoms with Gasteiger partial charge in [-0.1, -0.05) is 12.1 Å². The second kappa shape index (κ2) is 6.46. The predicted octanol–water partition coefficient (Wildman–Crippen LogP) is 2.20. The van der Waals surface area contributed by atoms with Crippen LogP contribution in [0.1, 0.15) is 72.6 Å². The standard InChI is InChI=1S/C20H25N5O3/c1-2-17(26)25-8-5-14-18(22-12-21-14)20(25)6-9-24(10-7-20)19(27)16-11-15(23-28-16)13-3-4-13/h11-13H,2-10H2,1H3,(H,21,22). The number of carbonyl (C=O) groups excluding carboxylic acids is 2. The highest BCUT2D eigenvalue weighted by Gasteiger charge is 2.49. The molecule has 2 aromatic heterocycles. The van der Waals surface area contributed by atoms with Crippen molar-refractivity contribution in [2.45, 2.75) is 56.9 Å². The van der Waals surface area contributed by atoms with Crippen LogP contribution in [0.3, 0.4) is 0 Å². The Morgan fingerprint density at radius 1 is 1.29 bits per heavy atom. The lowest BCUT2D eigenvalue weighted by molar-refractivity contribution is -0.141. The van der Waals surface area contributed by atoms with Gasteiger partial charge in [0.25, 0.3) is 5.91 Å². The topological polar surface area (TPSA) is 95.3 Å². The lowest BCUT2D eigenvalue weighted by Gasteiger charge is -2.50. The van der Waals surface area contributed by atoms with Crippen molar-refractivity contribution in [3.63, 3.8) is 0 Å². The monoisotopic (exact) mass is 383 g/mol. The Balaban J connectivity index is 1.37. The van der Waals surface area contributed by atoms with Crippen molar-refractivity contribution in [1.82, 2.24) is 24.9 Å².